The molecule has 0 aliphatic carbocycles. The van der Waals surface area contributed by atoms with Crippen molar-refractivity contribution in [2.45, 2.75) is 25.6 Å². The number of nitrogens with one attached hydrogen (secondary N) is 2. The van der Waals surface area contributed by atoms with Crippen LogP contribution in [0.25, 0.3) is 22.2 Å². The maximum Gasteiger partial charge on any atom is 0.416 e. The molecule has 0 saturated carbocycles. The minimum absolute atomic E-state index is 0.0227. The van der Waals surface area contributed by atoms with Crippen molar-refractivity contribution in [2.75, 3.05) is 11.9 Å². The van der Waals surface area contributed by atoms with Gasteiger partial charge in [0, 0.05) is 36.7 Å². The van der Waals surface area contributed by atoms with Crippen LogP contribution in [0, 0.1) is 5.92 Å². The highest BCUT2D eigenvalue weighted by Crippen LogP contribution is 2.33. The molecule has 2 atom stereocenters. The third-order valence-electron chi connectivity index (χ3n) is 5.12. The molecule has 4 rings (SSSR count). The number of carbonyl (C=O) groups excluding carboxylic acids is 1. The fourth-order valence-corrected chi connectivity index (χ4v) is 3.43. The number of amides is 1. The molecule has 6 nitrogen and oxygen atoms in total. The average Bonchev–Trinajstić information content (AvgIpc) is 2.71. The van der Waals surface area contributed by atoms with Gasteiger partial charge in [-0.2, -0.15) is 13.2 Å². The van der Waals surface area contributed by atoms with Crippen LogP contribution in [0.3, 0.4) is 0 Å². The van der Waals surface area contributed by atoms with Crippen molar-refractivity contribution in [3.05, 3.63) is 48.4 Å². The highest BCUT2D eigenvalue weighted by molar-refractivity contribution is 5.96. The van der Waals surface area contributed by atoms with E-state index in [1.54, 1.807) is 6.20 Å². The first-order valence-corrected chi connectivity index (χ1v) is 9.16. The summed E-state index contributed by atoms with van der Waals surface area (Å²) in [5.41, 5.74) is 1.46. The predicted molar refractivity (Wildman–Crippen MR) is 102 cm³/mol. The van der Waals surface area contributed by atoms with Gasteiger partial charge in [-0.15, -0.1) is 0 Å². The van der Waals surface area contributed by atoms with Gasteiger partial charge in [-0.25, -0.2) is 9.97 Å². The second kappa shape index (κ2) is 7.31. The molecule has 150 valence electrons. The number of hydrogen-bond donors (Lipinski definition) is 2. The molecular formula is C20H18F3N5O. The van der Waals surface area contributed by atoms with Crippen LogP contribution in [0.15, 0.2) is 42.9 Å². The summed E-state index contributed by atoms with van der Waals surface area (Å²) in [6.45, 7) is 2.42. The first kappa shape index (κ1) is 19.1. The number of hydrogen-bond acceptors (Lipinski definition) is 5. The molecule has 1 saturated heterocycles. The second-order valence-corrected chi connectivity index (χ2v) is 6.97. The molecule has 1 aromatic carbocycles. The van der Waals surface area contributed by atoms with Gasteiger partial charge < -0.3 is 10.6 Å². The van der Waals surface area contributed by atoms with Crippen LogP contribution >= 0.6 is 0 Å². The van der Waals surface area contributed by atoms with Gasteiger partial charge >= 0.3 is 6.18 Å². The summed E-state index contributed by atoms with van der Waals surface area (Å²) < 4.78 is 38.5. The van der Waals surface area contributed by atoms with E-state index < -0.39 is 11.7 Å². The monoisotopic (exact) mass is 401 g/mol. The van der Waals surface area contributed by atoms with E-state index in [-0.39, 0.29) is 17.9 Å². The Morgan fingerprint density at radius 2 is 1.76 bits per heavy atom. The van der Waals surface area contributed by atoms with Crippen LogP contribution in [0.5, 0.6) is 0 Å². The van der Waals surface area contributed by atoms with Crippen molar-refractivity contribution in [2.24, 2.45) is 5.92 Å². The van der Waals surface area contributed by atoms with E-state index in [1.165, 1.54) is 24.5 Å². The number of alkyl halides is 3. The Morgan fingerprint density at radius 1 is 1.07 bits per heavy atom. The number of carbonyl (C=O) groups is 1. The van der Waals surface area contributed by atoms with Gasteiger partial charge in [0.15, 0.2) is 5.82 Å². The second-order valence-electron chi connectivity index (χ2n) is 6.97. The van der Waals surface area contributed by atoms with Crippen molar-refractivity contribution < 1.29 is 18.0 Å². The summed E-state index contributed by atoms with van der Waals surface area (Å²) in [5.74, 6) is 0.243. The average molecular weight is 401 g/mol. The lowest BCUT2D eigenvalue weighted by atomic mass is 9.94. The zero-order valence-electron chi connectivity index (χ0n) is 15.5. The molecule has 29 heavy (non-hydrogen) atoms. The third kappa shape index (κ3) is 3.72. The molecule has 9 heteroatoms. The Morgan fingerprint density at radius 3 is 2.45 bits per heavy atom. The van der Waals surface area contributed by atoms with E-state index in [9.17, 15) is 18.0 Å². The summed E-state index contributed by atoms with van der Waals surface area (Å²) in [4.78, 5) is 25.1. The first-order valence-electron chi connectivity index (χ1n) is 9.16. The van der Waals surface area contributed by atoms with Crippen LogP contribution < -0.4 is 10.6 Å². The Hall–Kier alpha value is -3.23. The Labute approximate surface area is 164 Å². The number of fused-ring (bicyclic) bond motifs is 1. The van der Waals surface area contributed by atoms with Gasteiger partial charge in [0.1, 0.15) is 11.0 Å². The van der Waals surface area contributed by atoms with Gasteiger partial charge in [-0.05, 0) is 24.1 Å². The number of piperidine rings is 1. The van der Waals surface area contributed by atoms with Crippen LogP contribution in [0.4, 0.5) is 19.0 Å². The van der Waals surface area contributed by atoms with Crippen LogP contribution in [0.1, 0.15) is 18.9 Å². The summed E-state index contributed by atoms with van der Waals surface area (Å²) >= 11 is 0. The molecule has 0 spiro atoms. The zero-order chi connectivity index (χ0) is 20.6. The molecule has 2 unspecified atom stereocenters. The SMILES string of the molecule is CC1C(=O)NCCC1Nc1ncc(-c2ccc(C(F)(F)F)cc2)c2nccnc12. The normalized spacial score (nSPS) is 19.8. The van der Waals surface area contributed by atoms with Crippen molar-refractivity contribution >= 4 is 22.8 Å². The number of pyridine rings is 1. The Kier molecular flexibility index (Phi) is 4.81. The summed E-state index contributed by atoms with van der Waals surface area (Å²) in [7, 11) is 0. The summed E-state index contributed by atoms with van der Waals surface area (Å²) in [5, 5.41) is 6.11. The molecule has 0 bridgehead atoms. The van der Waals surface area contributed by atoms with E-state index in [1.807, 2.05) is 6.92 Å². The van der Waals surface area contributed by atoms with Gasteiger partial charge in [0.05, 0.1) is 11.5 Å². The van der Waals surface area contributed by atoms with Gasteiger partial charge in [-0.3, -0.25) is 9.78 Å². The van der Waals surface area contributed by atoms with Crippen LogP contribution in [-0.2, 0) is 11.0 Å². The minimum Gasteiger partial charge on any atom is -0.365 e. The van der Waals surface area contributed by atoms with Crippen molar-refractivity contribution in [3.8, 4) is 11.1 Å². The third-order valence-corrected chi connectivity index (χ3v) is 5.12. The van der Waals surface area contributed by atoms with E-state index >= 15 is 0 Å². The molecular weight excluding hydrogens is 383 g/mol. The Bertz CT molecular complexity index is 1050. The van der Waals surface area contributed by atoms with Gasteiger partial charge in [0.2, 0.25) is 5.91 Å². The highest BCUT2D eigenvalue weighted by atomic mass is 19.4. The zero-order valence-corrected chi connectivity index (χ0v) is 15.5. The van der Waals surface area contributed by atoms with Crippen molar-refractivity contribution in [1.29, 1.82) is 0 Å². The molecule has 1 amide bonds. The first-order chi connectivity index (χ1) is 13.8. The summed E-state index contributed by atoms with van der Waals surface area (Å²) in [6.07, 6.45) is 0.973. The number of anilines is 1. The molecule has 0 radical (unpaired) electrons. The van der Waals surface area contributed by atoms with E-state index in [0.29, 0.717) is 34.5 Å². The lowest BCUT2D eigenvalue weighted by Gasteiger charge is -2.29. The number of halogens is 3. The molecule has 1 fully saturated rings. The maximum absolute atomic E-state index is 12.8. The highest BCUT2D eigenvalue weighted by Gasteiger charge is 2.30. The van der Waals surface area contributed by atoms with Crippen LogP contribution in [0.2, 0.25) is 0 Å². The number of aromatic nitrogens is 3. The van der Waals surface area contributed by atoms with Crippen LogP contribution in [-0.4, -0.2) is 33.4 Å². The topological polar surface area (TPSA) is 79.8 Å². The largest absolute Gasteiger partial charge is 0.416 e. The number of nitrogens with zero attached hydrogens (tertiary/aromatic N) is 3. The quantitative estimate of drug-likeness (QED) is 0.700. The number of benzene rings is 1. The molecule has 3 heterocycles. The van der Waals surface area contributed by atoms with Crippen molar-refractivity contribution in [1.82, 2.24) is 20.3 Å². The Balaban J connectivity index is 1.71. The van der Waals surface area contributed by atoms with Gasteiger partial charge in [-0.1, -0.05) is 19.1 Å². The molecule has 2 aromatic heterocycles. The number of rotatable bonds is 3. The lowest BCUT2D eigenvalue weighted by Crippen LogP contribution is -2.46. The standard InChI is InChI=1S/C20H18F3N5O/c1-11-15(6-7-26-19(11)29)28-18-17-16(24-8-9-25-17)14(10-27-18)12-2-4-13(5-3-12)20(21,22)23/h2-5,8-11,15H,6-7H2,1H3,(H,26,29)(H,27,28). The summed E-state index contributed by atoms with van der Waals surface area (Å²) in [6, 6.07) is 4.76. The molecule has 1 aliphatic heterocycles. The minimum atomic E-state index is -4.39. The van der Waals surface area contributed by atoms with E-state index in [0.717, 1.165) is 18.6 Å². The molecule has 2 N–H and O–H groups in total. The smallest absolute Gasteiger partial charge is 0.365 e. The molecule has 3 aromatic rings. The fourth-order valence-electron chi connectivity index (χ4n) is 3.43. The predicted octanol–water partition coefficient (Wildman–Crippen LogP) is 3.65. The fraction of sp³-hybridized carbons (Fsp3) is 0.300. The van der Waals surface area contributed by atoms with Crippen molar-refractivity contribution in [3.63, 3.8) is 0 Å². The lowest BCUT2D eigenvalue weighted by molar-refractivity contribution is -0.137. The van der Waals surface area contributed by atoms with E-state index in [2.05, 4.69) is 25.6 Å². The van der Waals surface area contributed by atoms with E-state index in [4.69, 9.17) is 0 Å². The van der Waals surface area contributed by atoms with Gasteiger partial charge in [0.25, 0.3) is 0 Å². The maximum atomic E-state index is 12.8. The molecule has 1 aliphatic rings.